The minimum atomic E-state index is -0.732. The molecule has 2 heterocycles. The van der Waals surface area contributed by atoms with Crippen molar-refractivity contribution in [3.8, 4) is 28.6 Å². The topological polar surface area (TPSA) is 121 Å². The molecule has 9 nitrogen and oxygen atoms in total. The quantitative estimate of drug-likeness (QED) is 0.558. The summed E-state index contributed by atoms with van der Waals surface area (Å²) >= 11 is 6.08. The number of hydrogen-bond acceptors (Lipinski definition) is 8. The highest BCUT2D eigenvalue weighted by Gasteiger charge is 2.21. The molecule has 156 valence electrons. The van der Waals surface area contributed by atoms with Crippen LogP contribution in [0.3, 0.4) is 0 Å². The third-order valence-electron chi connectivity index (χ3n) is 4.06. The minimum Gasteiger partial charge on any atom is -0.494 e. The first kappa shape index (κ1) is 21.1. The monoisotopic (exact) mass is 429 g/mol. The molecule has 0 bridgehead atoms. The van der Waals surface area contributed by atoms with Crippen molar-refractivity contribution in [2.45, 2.75) is 6.92 Å². The number of aromatic nitrogens is 3. The maximum absolute atomic E-state index is 12.1. The van der Waals surface area contributed by atoms with E-state index in [1.807, 2.05) is 6.92 Å². The van der Waals surface area contributed by atoms with Gasteiger partial charge in [-0.2, -0.15) is 0 Å². The molecule has 0 radical (unpaired) electrons. The lowest BCUT2D eigenvalue weighted by Crippen LogP contribution is -2.16. The molecule has 0 atom stereocenters. The summed E-state index contributed by atoms with van der Waals surface area (Å²) in [7, 11) is 3.07. The largest absolute Gasteiger partial charge is 0.494 e. The lowest BCUT2D eigenvalue weighted by Gasteiger charge is -2.17. The number of ether oxygens (including phenoxy) is 3. The molecular formula is C20H20ClN5O4. The van der Waals surface area contributed by atoms with E-state index in [4.69, 9.17) is 31.5 Å². The first-order chi connectivity index (χ1) is 14.5. The van der Waals surface area contributed by atoms with E-state index in [1.54, 1.807) is 30.3 Å². The van der Waals surface area contributed by atoms with E-state index >= 15 is 0 Å². The average Bonchev–Trinajstić information content (AvgIpc) is 2.74. The fourth-order valence-corrected chi connectivity index (χ4v) is 2.93. The molecule has 3 N–H and O–H groups in total. The summed E-state index contributed by atoms with van der Waals surface area (Å²) in [5.41, 5.74) is 6.74. The van der Waals surface area contributed by atoms with Crippen molar-refractivity contribution >= 4 is 29.0 Å². The Hall–Kier alpha value is -3.59. The molecule has 3 rings (SSSR count). The molecule has 0 aliphatic heterocycles. The second kappa shape index (κ2) is 9.27. The van der Waals surface area contributed by atoms with Gasteiger partial charge < -0.3 is 25.3 Å². The number of carbonyl (C=O) groups excluding carboxylic acids is 1. The fraction of sp³-hybridized carbons (Fsp3) is 0.200. The number of nitrogens with two attached hydrogens (primary N) is 1. The van der Waals surface area contributed by atoms with Crippen molar-refractivity contribution in [2.24, 2.45) is 5.73 Å². The Morgan fingerprint density at radius 3 is 2.43 bits per heavy atom. The molecule has 0 spiro atoms. The molecule has 0 saturated heterocycles. The number of anilines is 2. The Kier molecular flexibility index (Phi) is 6.53. The number of rotatable bonds is 8. The van der Waals surface area contributed by atoms with Crippen LogP contribution in [0.5, 0.6) is 17.4 Å². The zero-order chi connectivity index (χ0) is 21.7. The van der Waals surface area contributed by atoms with E-state index in [-0.39, 0.29) is 22.5 Å². The summed E-state index contributed by atoms with van der Waals surface area (Å²) in [6.45, 7) is 2.21. The third-order valence-corrected chi connectivity index (χ3v) is 4.25. The van der Waals surface area contributed by atoms with E-state index < -0.39 is 5.91 Å². The van der Waals surface area contributed by atoms with Gasteiger partial charge in [-0.05, 0) is 25.1 Å². The van der Waals surface area contributed by atoms with Gasteiger partial charge in [0, 0.05) is 11.6 Å². The van der Waals surface area contributed by atoms with E-state index in [0.29, 0.717) is 35.1 Å². The van der Waals surface area contributed by atoms with Gasteiger partial charge in [-0.15, -0.1) is 0 Å². The minimum absolute atomic E-state index is 0.00684. The summed E-state index contributed by atoms with van der Waals surface area (Å²) in [5.74, 6) is 0.838. The van der Waals surface area contributed by atoms with Gasteiger partial charge in [0.05, 0.1) is 27.0 Å². The molecule has 0 unspecified atom stereocenters. The van der Waals surface area contributed by atoms with Gasteiger partial charge in [0.1, 0.15) is 33.7 Å². The van der Waals surface area contributed by atoms with Crippen molar-refractivity contribution in [1.82, 2.24) is 15.0 Å². The van der Waals surface area contributed by atoms with E-state index in [9.17, 15) is 4.79 Å². The number of amides is 1. The molecule has 0 aliphatic carbocycles. The third kappa shape index (κ3) is 4.36. The number of pyridine rings is 1. The Balaban J connectivity index is 2.16. The number of benzene rings is 1. The lowest BCUT2D eigenvalue weighted by atomic mass is 10.1. The van der Waals surface area contributed by atoms with Crippen LogP contribution in [0.2, 0.25) is 5.15 Å². The molecule has 0 fully saturated rings. The number of nitrogens with one attached hydrogen (secondary N) is 1. The molecule has 3 aromatic rings. The van der Waals surface area contributed by atoms with Crippen molar-refractivity contribution in [3.05, 3.63) is 47.4 Å². The predicted octanol–water partition coefficient (Wildman–Crippen LogP) is 3.45. The van der Waals surface area contributed by atoms with Gasteiger partial charge in [-0.1, -0.05) is 17.7 Å². The van der Waals surface area contributed by atoms with Gasteiger partial charge in [-0.3, -0.25) is 4.79 Å². The van der Waals surface area contributed by atoms with Crippen LogP contribution in [0.25, 0.3) is 11.3 Å². The summed E-state index contributed by atoms with van der Waals surface area (Å²) in [6.07, 6.45) is 1.36. The van der Waals surface area contributed by atoms with Gasteiger partial charge in [0.25, 0.3) is 5.91 Å². The molecule has 0 saturated carbocycles. The van der Waals surface area contributed by atoms with E-state index in [0.717, 1.165) is 0 Å². The lowest BCUT2D eigenvalue weighted by molar-refractivity contribution is 0.0995. The van der Waals surface area contributed by atoms with Crippen LogP contribution < -0.4 is 25.3 Å². The maximum Gasteiger partial charge on any atom is 0.268 e. The maximum atomic E-state index is 12.1. The average molecular weight is 430 g/mol. The zero-order valence-electron chi connectivity index (χ0n) is 16.6. The van der Waals surface area contributed by atoms with Crippen LogP contribution in [0.4, 0.5) is 11.5 Å². The highest BCUT2D eigenvalue weighted by Crippen LogP contribution is 2.39. The van der Waals surface area contributed by atoms with E-state index in [1.165, 1.54) is 20.4 Å². The van der Waals surface area contributed by atoms with Crippen LogP contribution in [0, 0.1) is 0 Å². The molecular weight excluding hydrogens is 410 g/mol. The molecule has 2 aromatic heterocycles. The first-order valence-corrected chi connectivity index (χ1v) is 9.30. The van der Waals surface area contributed by atoms with Crippen molar-refractivity contribution in [3.63, 3.8) is 0 Å². The summed E-state index contributed by atoms with van der Waals surface area (Å²) in [6, 6.07) is 8.57. The van der Waals surface area contributed by atoms with Crippen LogP contribution in [-0.2, 0) is 0 Å². The van der Waals surface area contributed by atoms with Crippen LogP contribution >= 0.6 is 11.6 Å². The first-order valence-electron chi connectivity index (χ1n) is 8.93. The van der Waals surface area contributed by atoms with Gasteiger partial charge >= 0.3 is 0 Å². The Morgan fingerprint density at radius 2 is 1.83 bits per heavy atom. The van der Waals surface area contributed by atoms with Gasteiger partial charge in [0.2, 0.25) is 5.88 Å². The molecule has 0 aliphatic rings. The molecule has 1 amide bonds. The van der Waals surface area contributed by atoms with Gasteiger partial charge in [0.15, 0.2) is 5.82 Å². The highest BCUT2D eigenvalue weighted by atomic mass is 35.5. The number of para-hydroxylation sites is 1. The SMILES string of the molecule is CCOc1ccc(-c2ncc(Cl)nc2Nc2c(OC)cccc2OC)c(C(N)=O)n1. The van der Waals surface area contributed by atoms with Crippen molar-refractivity contribution in [2.75, 3.05) is 26.1 Å². The number of carbonyl (C=O) groups is 1. The number of nitrogens with zero attached hydrogens (tertiary/aromatic N) is 3. The summed E-state index contributed by atoms with van der Waals surface area (Å²) < 4.78 is 16.2. The van der Waals surface area contributed by atoms with Gasteiger partial charge in [-0.25, -0.2) is 15.0 Å². The Bertz CT molecular complexity index is 1050. The van der Waals surface area contributed by atoms with Crippen LogP contribution in [0.1, 0.15) is 17.4 Å². The molecule has 1 aromatic carbocycles. The van der Waals surface area contributed by atoms with E-state index in [2.05, 4.69) is 20.3 Å². The summed E-state index contributed by atoms with van der Waals surface area (Å²) in [5, 5.41) is 3.29. The smallest absolute Gasteiger partial charge is 0.268 e. The second-order valence-electron chi connectivity index (χ2n) is 5.90. The second-order valence-corrected chi connectivity index (χ2v) is 6.28. The number of halogens is 1. The zero-order valence-corrected chi connectivity index (χ0v) is 17.4. The predicted molar refractivity (Wildman–Crippen MR) is 113 cm³/mol. The number of methoxy groups -OCH3 is 2. The standard InChI is InChI=1S/C20H20ClN5O4/c1-4-30-15-9-8-11(16(25-15)19(22)27)17-20(24-14(21)10-23-17)26-18-12(28-2)6-5-7-13(18)29-3/h5-10H,4H2,1-3H3,(H2,22,27)(H,24,26). The Morgan fingerprint density at radius 1 is 1.13 bits per heavy atom. The number of primary amides is 1. The summed E-state index contributed by atoms with van der Waals surface area (Å²) in [4.78, 5) is 24.9. The Labute approximate surface area is 178 Å². The fourth-order valence-electron chi connectivity index (χ4n) is 2.79. The molecule has 30 heavy (non-hydrogen) atoms. The molecule has 10 heteroatoms. The van der Waals surface area contributed by atoms with Crippen LogP contribution in [-0.4, -0.2) is 41.7 Å². The van der Waals surface area contributed by atoms with Crippen molar-refractivity contribution in [1.29, 1.82) is 0 Å². The van der Waals surface area contributed by atoms with Crippen molar-refractivity contribution < 1.29 is 19.0 Å². The normalized spacial score (nSPS) is 10.4. The highest BCUT2D eigenvalue weighted by molar-refractivity contribution is 6.29. The number of hydrogen-bond donors (Lipinski definition) is 2. The van der Waals surface area contributed by atoms with Crippen LogP contribution in [0.15, 0.2) is 36.5 Å².